The van der Waals surface area contributed by atoms with Crippen molar-refractivity contribution in [1.82, 2.24) is 0 Å². The fourth-order valence-electron chi connectivity index (χ4n) is 5.17. The Bertz CT molecular complexity index is 1610. The van der Waals surface area contributed by atoms with Crippen LogP contribution >= 0.6 is 0 Å². The predicted octanol–water partition coefficient (Wildman–Crippen LogP) is 10.0. The van der Waals surface area contributed by atoms with Gasteiger partial charge in [-0.05, 0) is 59.2 Å². The molecule has 0 amide bonds. The highest BCUT2D eigenvalue weighted by atomic mass is 15.1. The summed E-state index contributed by atoms with van der Waals surface area (Å²) in [5.41, 5.74) is 9.67. The van der Waals surface area contributed by atoms with Crippen LogP contribution in [0.5, 0.6) is 0 Å². The van der Waals surface area contributed by atoms with Gasteiger partial charge in [0, 0.05) is 41.4 Å². The van der Waals surface area contributed by atoms with E-state index in [2.05, 4.69) is 180 Å². The van der Waals surface area contributed by atoms with Crippen molar-refractivity contribution in [1.29, 1.82) is 0 Å². The lowest BCUT2D eigenvalue weighted by Crippen LogP contribution is -2.17. The maximum absolute atomic E-state index is 2.41. The van der Waals surface area contributed by atoms with E-state index in [0.717, 1.165) is 13.1 Å². The Hall–Kier alpha value is -5.08. The predicted molar refractivity (Wildman–Crippen MR) is 169 cm³/mol. The van der Waals surface area contributed by atoms with Crippen molar-refractivity contribution >= 4 is 22.7 Å². The van der Waals surface area contributed by atoms with E-state index in [1.807, 2.05) is 0 Å². The smallest absolute Gasteiger partial charge is 0.0493 e. The molecule has 0 saturated heterocycles. The van der Waals surface area contributed by atoms with Crippen molar-refractivity contribution in [2.75, 3.05) is 9.80 Å². The standard InChI is InChI=1S/C38H32N2/c1-5-15-31(16-6-1)29-39(34-19-9-3-10-20-34)36-27-25-33(26-28-36)37-23-13-14-24-38(37)40(35-21-11-4-12-22-35)30-32-17-7-2-8-18-32/h1-28H,29-30H2. The molecule has 2 nitrogen and oxygen atoms in total. The zero-order valence-electron chi connectivity index (χ0n) is 22.5. The van der Waals surface area contributed by atoms with E-state index in [1.165, 1.54) is 45.0 Å². The van der Waals surface area contributed by atoms with Gasteiger partial charge in [0.1, 0.15) is 0 Å². The molecule has 0 spiro atoms. The molecule has 0 fully saturated rings. The number of hydrogen-bond donors (Lipinski definition) is 0. The monoisotopic (exact) mass is 516 g/mol. The summed E-state index contributed by atoms with van der Waals surface area (Å²) >= 11 is 0. The summed E-state index contributed by atoms with van der Waals surface area (Å²) in [6.45, 7) is 1.60. The highest BCUT2D eigenvalue weighted by Crippen LogP contribution is 2.37. The van der Waals surface area contributed by atoms with E-state index in [4.69, 9.17) is 0 Å². The molecule has 0 aromatic heterocycles. The van der Waals surface area contributed by atoms with Crippen molar-refractivity contribution in [2.24, 2.45) is 0 Å². The van der Waals surface area contributed by atoms with E-state index in [0.29, 0.717) is 0 Å². The van der Waals surface area contributed by atoms with Crippen molar-refractivity contribution in [3.05, 3.63) is 181 Å². The maximum atomic E-state index is 2.41. The molecule has 0 bridgehead atoms. The lowest BCUT2D eigenvalue weighted by Gasteiger charge is -2.28. The van der Waals surface area contributed by atoms with Gasteiger partial charge in [-0.15, -0.1) is 0 Å². The third-order valence-electron chi connectivity index (χ3n) is 7.19. The highest BCUT2D eigenvalue weighted by molar-refractivity contribution is 5.83. The molecular weight excluding hydrogens is 484 g/mol. The SMILES string of the molecule is c1ccc(CN(c2ccccc2)c2ccc(-c3ccccc3N(Cc3ccccc3)c3ccccc3)cc2)cc1. The number of anilines is 4. The van der Waals surface area contributed by atoms with Crippen molar-refractivity contribution in [3.63, 3.8) is 0 Å². The van der Waals surface area contributed by atoms with Gasteiger partial charge in [0.25, 0.3) is 0 Å². The summed E-state index contributed by atoms with van der Waals surface area (Å²) < 4.78 is 0. The van der Waals surface area contributed by atoms with Crippen molar-refractivity contribution in [3.8, 4) is 11.1 Å². The van der Waals surface area contributed by atoms with Crippen LogP contribution in [0.1, 0.15) is 11.1 Å². The first-order valence-electron chi connectivity index (χ1n) is 13.8. The quantitative estimate of drug-likeness (QED) is 0.189. The zero-order chi connectivity index (χ0) is 27.0. The van der Waals surface area contributed by atoms with Gasteiger partial charge in [0.05, 0.1) is 0 Å². The summed E-state index contributed by atoms with van der Waals surface area (Å²) in [5, 5.41) is 0. The molecule has 0 aliphatic rings. The van der Waals surface area contributed by atoms with Crippen LogP contribution in [0, 0.1) is 0 Å². The van der Waals surface area contributed by atoms with Crippen molar-refractivity contribution < 1.29 is 0 Å². The van der Waals surface area contributed by atoms with Gasteiger partial charge in [-0.1, -0.05) is 127 Å². The second-order valence-electron chi connectivity index (χ2n) is 9.88. The second kappa shape index (κ2) is 12.2. The molecule has 0 aliphatic heterocycles. The molecule has 0 aliphatic carbocycles. The first kappa shape index (κ1) is 25.2. The zero-order valence-corrected chi connectivity index (χ0v) is 22.5. The number of rotatable bonds is 9. The van der Waals surface area contributed by atoms with Gasteiger partial charge in [0.2, 0.25) is 0 Å². The van der Waals surface area contributed by atoms with Crippen molar-refractivity contribution in [2.45, 2.75) is 13.1 Å². The number of nitrogens with zero attached hydrogens (tertiary/aromatic N) is 2. The van der Waals surface area contributed by atoms with Crippen LogP contribution in [-0.4, -0.2) is 0 Å². The van der Waals surface area contributed by atoms with Gasteiger partial charge in [-0.3, -0.25) is 0 Å². The number of hydrogen-bond acceptors (Lipinski definition) is 2. The Morgan fingerprint density at radius 1 is 0.325 bits per heavy atom. The average molecular weight is 517 g/mol. The maximum Gasteiger partial charge on any atom is 0.0493 e. The molecule has 0 N–H and O–H groups in total. The van der Waals surface area contributed by atoms with Crippen LogP contribution in [0.3, 0.4) is 0 Å². The Kier molecular flexibility index (Phi) is 7.68. The Balaban J connectivity index is 1.36. The largest absolute Gasteiger partial charge is 0.337 e. The molecule has 0 atom stereocenters. The van der Waals surface area contributed by atoms with Crippen LogP contribution in [0.2, 0.25) is 0 Å². The summed E-state index contributed by atoms with van der Waals surface area (Å²) in [5.74, 6) is 0. The molecular formula is C38H32N2. The van der Waals surface area contributed by atoms with E-state index in [9.17, 15) is 0 Å². The lowest BCUT2D eigenvalue weighted by atomic mass is 10.0. The summed E-state index contributed by atoms with van der Waals surface area (Å²) in [7, 11) is 0. The van der Waals surface area contributed by atoms with E-state index >= 15 is 0 Å². The highest BCUT2D eigenvalue weighted by Gasteiger charge is 2.16. The van der Waals surface area contributed by atoms with E-state index < -0.39 is 0 Å². The average Bonchev–Trinajstić information content (AvgIpc) is 3.04. The van der Waals surface area contributed by atoms with Crippen LogP contribution < -0.4 is 9.80 Å². The minimum absolute atomic E-state index is 0.790. The summed E-state index contributed by atoms with van der Waals surface area (Å²) in [6.07, 6.45) is 0. The molecule has 40 heavy (non-hydrogen) atoms. The minimum Gasteiger partial charge on any atom is -0.337 e. The Labute approximate surface area is 237 Å². The molecule has 2 heteroatoms. The normalized spacial score (nSPS) is 10.7. The summed E-state index contributed by atoms with van der Waals surface area (Å²) in [4.78, 5) is 4.78. The van der Waals surface area contributed by atoms with Gasteiger partial charge in [0.15, 0.2) is 0 Å². The second-order valence-corrected chi connectivity index (χ2v) is 9.88. The molecule has 6 rings (SSSR count). The molecule has 0 saturated carbocycles. The molecule has 0 radical (unpaired) electrons. The van der Waals surface area contributed by atoms with Crippen LogP contribution in [0.4, 0.5) is 22.7 Å². The van der Waals surface area contributed by atoms with Gasteiger partial charge >= 0.3 is 0 Å². The Morgan fingerprint density at radius 3 is 1.27 bits per heavy atom. The van der Waals surface area contributed by atoms with Crippen LogP contribution in [-0.2, 0) is 13.1 Å². The first-order valence-corrected chi connectivity index (χ1v) is 13.8. The van der Waals surface area contributed by atoms with E-state index in [1.54, 1.807) is 0 Å². The summed E-state index contributed by atoms with van der Waals surface area (Å²) in [6, 6.07) is 60.3. The van der Waals surface area contributed by atoms with Crippen LogP contribution in [0.15, 0.2) is 170 Å². The molecule has 0 heterocycles. The number of benzene rings is 6. The molecule has 194 valence electrons. The van der Waals surface area contributed by atoms with Gasteiger partial charge in [-0.2, -0.15) is 0 Å². The molecule has 0 unspecified atom stereocenters. The first-order chi connectivity index (χ1) is 19.8. The molecule has 6 aromatic rings. The third kappa shape index (κ3) is 5.82. The fraction of sp³-hybridized carbons (Fsp3) is 0.0526. The van der Waals surface area contributed by atoms with Crippen LogP contribution in [0.25, 0.3) is 11.1 Å². The topological polar surface area (TPSA) is 6.48 Å². The van der Waals surface area contributed by atoms with Gasteiger partial charge in [-0.25, -0.2) is 0 Å². The van der Waals surface area contributed by atoms with E-state index in [-0.39, 0.29) is 0 Å². The Morgan fingerprint density at radius 2 is 0.725 bits per heavy atom. The minimum atomic E-state index is 0.790. The molecule has 6 aromatic carbocycles. The number of para-hydroxylation sites is 3. The lowest BCUT2D eigenvalue weighted by molar-refractivity contribution is 0.974. The van der Waals surface area contributed by atoms with Gasteiger partial charge < -0.3 is 9.80 Å². The fourth-order valence-corrected chi connectivity index (χ4v) is 5.17. The third-order valence-corrected chi connectivity index (χ3v) is 7.19.